The molecule has 2 aromatic carbocycles. The van der Waals surface area contributed by atoms with Gasteiger partial charge in [-0.3, -0.25) is 0 Å². The lowest BCUT2D eigenvalue weighted by atomic mass is 10.1. The van der Waals surface area contributed by atoms with Crippen molar-refractivity contribution in [3.63, 3.8) is 0 Å². The third-order valence-electron chi connectivity index (χ3n) is 3.47. The van der Waals surface area contributed by atoms with Crippen LogP contribution in [0.3, 0.4) is 0 Å². The fraction of sp³-hybridized carbons (Fsp3) is 0.444. The average molecular weight is 301 g/mol. The molecular weight excluding hydrogens is 276 g/mol. The zero-order valence-corrected chi connectivity index (χ0v) is 14.1. The predicted octanol–water partition coefficient (Wildman–Crippen LogP) is 4.17. The van der Waals surface area contributed by atoms with Crippen molar-refractivity contribution < 1.29 is 8.85 Å². The summed E-state index contributed by atoms with van der Waals surface area (Å²) in [5, 5.41) is 3.77. The molecule has 3 heteroatoms. The van der Waals surface area contributed by atoms with Crippen LogP contribution in [0.5, 0.6) is 0 Å². The lowest BCUT2D eigenvalue weighted by Crippen LogP contribution is -2.38. The minimum Gasteiger partial charge on any atom is -0.390 e. The molecule has 0 unspecified atom stereocenters. The summed E-state index contributed by atoms with van der Waals surface area (Å²) < 4.78 is 12.2. The van der Waals surface area contributed by atoms with Gasteiger partial charge in [-0.05, 0) is 23.6 Å². The molecule has 21 heavy (non-hydrogen) atoms. The Morgan fingerprint density at radius 3 is 2.10 bits per heavy atom. The van der Waals surface area contributed by atoms with Gasteiger partial charge in [0.15, 0.2) is 0 Å². The van der Waals surface area contributed by atoms with E-state index in [9.17, 15) is 0 Å². The van der Waals surface area contributed by atoms with Crippen LogP contribution in [0, 0.1) is 0 Å². The summed E-state index contributed by atoms with van der Waals surface area (Å²) in [5.74, 6) is 0. The second-order valence-corrected chi connectivity index (χ2v) is 6.91. The minimum atomic E-state index is -1.39. The first-order valence-corrected chi connectivity index (χ1v) is 9.29. The molecule has 0 N–H and O–H groups in total. The van der Waals surface area contributed by atoms with E-state index in [-0.39, 0.29) is 0 Å². The number of hydrogen-bond donors (Lipinski definition) is 0. The van der Waals surface area contributed by atoms with Crippen molar-refractivity contribution in [1.82, 2.24) is 0 Å². The summed E-state index contributed by atoms with van der Waals surface area (Å²) >= 11 is 0. The molecule has 0 aliphatic carbocycles. The van der Waals surface area contributed by atoms with E-state index in [1.807, 2.05) is 0 Å². The molecule has 0 fully saturated rings. The highest BCUT2D eigenvalue weighted by molar-refractivity contribution is 6.64. The highest BCUT2D eigenvalue weighted by Crippen LogP contribution is 2.13. The van der Waals surface area contributed by atoms with Gasteiger partial charge in [0.1, 0.15) is 0 Å². The molecule has 0 spiro atoms. The van der Waals surface area contributed by atoms with E-state index < -0.39 is 9.28 Å². The molecule has 2 nitrogen and oxygen atoms in total. The molecule has 113 valence electrons. The first-order chi connectivity index (χ1) is 10.4. The van der Waals surface area contributed by atoms with Crippen LogP contribution in [0.1, 0.15) is 39.5 Å². The predicted molar refractivity (Wildman–Crippen MR) is 91.1 cm³/mol. The summed E-state index contributed by atoms with van der Waals surface area (Å²) in [6, 6.07) is 14.9. The van der Waals surface area contributed by atoms with Gasteiger partial charge in [-0.15, -0.1) is 0 Å². The molecule has 2 rings (SSSR count). The lowest BCUT2D eigenvalue weighted by molar-refractivity contribution is 0.202. The molecule has 0 heterocycles. The van der Waals surface area contributed by atoms with Crippen molar-refractivity contribution in [3.8, 4) is 0 Å². The number of benzene rings is 2. The van der Waals surface area contributed by atoms with Crippen LogP contribution in [-0.4, -0.2) is 22.5 Å². The van der Waals surface area contributed by atoms with Gasteiger partial charge in [0.05, 0.1) is 0 Å². The van der Waals surface area contributed by atoms with Gasteiger partial charge >= 0.3 is 9.28 Å². The second kappa shape index (κ2) is 8.98. The number of hydrogen-bond acceptors (Lipinski definition) is 2. The molecule has 2 aromatic rings. The van der Waals surface area contributed by atoms with E-state index in [4.69, 9.17) is 8.85 Å². The van der Waals surface area contributed by atoms with Crippen molar-refractivity contribution in [3.05, 3.63) is 42.5 Å². The van der Waals surface area contributed by atoms with Crippen molar-refractivity contribution in [2.24, 2.45) is 0 Å². The van der Waals surface area contributed by atoms with Gasteiger partial charge in [0, 0.05) is 18.4 Å². The standard InChI is InChI=1S/C18H25O2Si/c1-3-5-14-19-21(20-15-6-4-2)18-13-9-11-16-10-7-8-12-17(16)18/h7-13H,3-6,14-15H2,1-2H3. The number of rotatable bonds is 9. The summed E-state index contributed by atoms with van der Waals surface area (Å²) in [6.45, 7) is 5.96. The maximum Gasteiger partial charge on any atom is 0.424 e. The quantitative estimate of drug-likeness (QED) is 0.511. The Labute approximate surface area is 129 Å². The topological polar surface area (TPSA) is 18.5 Å². The molecule has 0 amide bonds. The van der Waals surface area contributed by atoms with E-state index >= 15 is 0 Å². The van der Waals surface area contributed by atoms with Crippen LogP contribution in [0.2, 0.25) is 0 Å². The molecule has 0 atom stereocenters. The zero-order chi connectivity index (χ0) is 14.9. The van der Waals surface area contributed by atoms with Gasteiger partial charge in [0.25, 0.3) is 0 Å². The molecule has 0 aliphatic rings. The van der Waals surface area contributed by atoms with E-state index in [1.54, 1.807) is 0 Å². The van der Waals surface area contributed by atoms with Gasteiger partial charge < -0.3 is 8.85 Å². The Bertz CT molecular complexity index is 526. The van der Waals surface area contributed by atoms with Crippen LogP contribution in [0.4, 0.5) is 0 Å². The SMILES string of the molecule is CCCCO[Si](OCCCC)c1cccc2ccccc12. The fourth-order valence-corrected chi connectivity index (χ4v) is 3.95. The highest BCUT2D eigenvalue weighted by Gasteiger charge is 2.21. The van der Waals surface area contributed by atoms with Gasteiger partial charge in [-0.1, -0.05) is 69.2 Å². The van der Waals surface area contributed by atoms with Crippen LogP contribution in [0.25, 0.3) is 10.8 Å². The van der Waals surface area contributed by atoms with Crippen molar-refractivity contribution in [1.29, 1.82) is 0 Å². The average Bonchev–Trinajstić information content (AvgIpc) is 2.53. The van der Waals surface area contributed by atoms with E-state index in [2.05, 4.69) is 56.3 Å². The van der Waals surface area contributed by atoms with Gasteiger partial charge in [-0.2, -0.15) is 0 Å². The highest BCUT2D eigenvalue weighted by atomic mass is 28.3. The maximum absolute atomic E-state index is 6.10. The summed E-state index contributed by atoms with van der Waals surface area (Å²) in [5.41, 5.74) is 0. The Morgan fingerprint density at radius 2 is 1.43 bits per heavy atom. The second-order valence-electron chi connectivity index (χ2n) is 5.22. The van der Waals surface area contributed by atoms with Gasteiger partial charge in [-0.25, -0.2) is 0 Å². The van der Waals surface area contributed by atoms with Crippen molar-refractivity contribution in [2.45, 2.75) is 39.5 Å². The van der Waals surface area contributed by atoms with Crippen molar-refractivity contribution >= 4 is 25.2 Å². The molecule has 0 aromatic heterocycles. The van der Waals surface area contributed by atoms with Crippen LogP contribution < -0.4 is 5.19 Å². The Kier molecular flexibility index (Phi) is 6.93. The summed E-state index contributed by atoms with van der Waals surface area (Å²) in [4.78, 5) is 0. The fourth-order valence-electron chi connectivity index (χ4n) is 2.22. The smallest absolute Gasteiger partial charge is 0.390 e. The number of unbranched alkanes of at least 4 members (excludes halogenated alkanes) is 2. The summed E-state index contributed by atoms with van der Waals surface area (Å²) in [7, 11) is -1.39. The molecule has 0 saturated heterocycles. The Morgan fingerprint density at radius 1 is 0.810 bits per heavy atom. The van der Waals surface area contributed by atoms with Crippen molar-refractivity contribution in [2.75, 3.05) is 13.2 Å². The molecular formula is C18H25O2Si. The molecule has 0 aliphatic heterocycles. The molecule has 0 saturated carbocycles. The molecule has 0 bridgehead atoms. The lowest BCUT2D eigenvalue weighted by Gasteiger charge is -2.17. The third kappa shape index (κ3) is 4.66. The van der Waals surface area contributed by atoms with Crippen LogP contribution >= 0.6 is 0 Å². The Balaban J connectivity index is 2.19. The Hall–Kier alpha value is -1.16. The van der Waals surface area contributed by atoms with Gasteiger partial charge in [0.2, 0.25) is 0 Å². The monoisotopic (exact) mass is 301 g/mol. The molecule has 1 radical (unpaired) electrons. The largest absolute Gasteiger partial charge is 0.424 e. The maximum atomic E-state index is 6.10. The van der Waals surface area contributed by atoms with E-state index in [0.29, 0.717) is 0 Å². The first-order valence-electron chi connectivity index (χ1n) is 7.97. The van der Waals surface area contributed by atoms with Crippen LogP contribution in [0.15, 0.2) is 42.5 Å². The summed E-state index contributed by atoms with van der Waals surface area (Å²) in [6.07, 6.45) is 4.49. The first kappa shape index (κ1) is 16.2. The van der Waals surface area contributed by atoms with Crippen LogP contribution in [-0.2, 0) is 8.85 Å². The third-order valence-corrected chi connectivity index (χ3v) is 5.28. The number of fused-ring (bicyclic) bond motifs is 1. The van der Waals surface area contributed by atoms with E-state index in [1.165, 1.54) is 16.0 Å². The zero-order valence-electron chi connectivity index (χ0n) is 13.1. The minimum absolute atomic E-state index is 0.792. The van der Waals surface area contributed by atoms with E-state index in [0.717, 1.165) is 38.9 Å². The normalized spacial score (nSPS) is 11.4.